The molecule has 0 aliphatic rings. The highest BCUT2D eigenvalue weighted by molar-refractivity contribution is 7.89. The van der Waals surface area contributed by atoms with Crippen molar-refractivity contribution in [3.05, 3.63) is 65.7 Å². The largest absolute Gasteiger partial charge is 0.275 e. The maximum absolute atomic E-state index is 12.6. The number of nitrogens with zero attached hydrogens (tertiary/aromatic N) is 3. The van der Waals surface area contributed by atoms with Crippen LogP contribution in [0.5, 0.6) is 0 Å². The molecule has 6 nitrogen and oxygen atoms in total. The lowest BCUT2D eigenvalue weighted by atomic mass is 10.1. The minimum absolute atomic E-state index is 0.177. The molecule has 0 atom stereocenters. The number of rotatable bonds is 5. The minimum atomic E-state index is -3.58. The second kappa shape index (κ2) is 6.78. The fourth-order valence-corrected chi connectivity index (χ4v) is 3.91. The Bertz CT molecular complexity index is 1010. The van der Waals surface area contributed by atoms with Crippen LogP contribution >= 0.6 is 0 Å². The minimum Gasteiger partial charge on any atom is -0.275 e. The Kier molecular flexibility index (Phi) is 4.69. The molecule has 0 radical (unpaired) electrons. The van der Waals surface area contributed by atoms with E-state index < -0.39 is 10.0 Å². The van der Waals surface area contributed by atoms with E-state index >= 15 is 0 Å². The number of sulfonamides is 1. The predicted octanol–water partition coefficient (Wildman–Crippen LogP) is 2.58. The van der Waals surface area contributed by atoms with Crippen molar-refractivity contribution in [3.63, 3.8) is 0 Å². The van der Waals surface area contributed by atoms with Crippen molar-refractivity contribution in [2.24, 2.45) is 7.05 Å². The second-order valence-electron chi connectivity index (χ2n) is 6.08. The zero-order valence-electron chi connectivity index (χ0n) is 14.4. The summed E-state index contributed by atoms with van der Waals surface area (Å²) in [5.74, 6) is 0. The highest BCUT2D eigenvalue weighted by Crippen LogP contribution is 2.20. The lowest BCUT2D eigenvalue weighted by Gasteiger charge is -2.10. The van der Waals surface area contributed by atoms with Crippen LogP contribution < -0.4 is 4.72 Å². The smallest absolute Gasteiger partial charge is 0.241 e. The molecule has 2 heterocycles. The van der Waals surface area contributed by atoms with Gasteiger partial charge in [0, 0.05) is 43.3 Å². The first-order valence-electron chi connectivity index (χ1n) is 7.85. The highest BCUT2D eigenvalue weighted by atomic mass is 32.2. The van der Waals surface area contributed by atoms with Gasteiger partial charge in [0.05, 0.1) is 11.1 Å². The lowest BCUT2D eigenvalue weighted by molar-refractivity contribution is 0.580. The van der Waals surface area contributed by atoms with Crippen LogP contribution in [0.4, 0.5) is 0 Å². The molecule has 130 valence electrons. The Hall–Kier alpha value is -2.51. The molecule has 25 heavy (non-hydrogen) atoms. The third-order valence-electron chi connectivity index (χ3n) is 3.93. The summed E-state index contributed by atoms with van der Waals surface area (Å²) in [6.45, 7) is 3.84. The van der Waals surface area contributed by atoms with Gasteiger partial charge in [-0.25, -0.2) is 13.1 Å². The van der Waals surface area contributed by atoms with E-state index in [0.29, 0.717) is 4.90 Å². The third-order valence-corrected chi connectivity index (χ3v) is 5.48. The number of pyridine rings is 1. The number of hydrogen-bond acceptors (Lipinski definition) is 4. The molecule has 1 N–H and O–H groups in total. The fourth-order valence-electron chi connectivity index (χ4n) is 2.57. The molecule has 0 unspecified atom stereocenters. The standard InChI is InChI=1S/C18H20N4O2S/c1-13-4-5-14(2)18(6-13)25(23,24)21-9-15-7-16(10-19-8-15)17-11-20-22(3)12-17/h4-8,10-12,21H,9H2,1-3H3. The van der Waals surface area contributed by atoms with E-state index in [2.05, 4.69) is 14.8 Å². The van der Waals surface area contributed by atoms with Gasteiger partial charge in [0.15, 0.2) is 0 Å². The Balaban J connectivity index is 1.80. The number of benzene rings is 1. The molecule has 3 rings (SSSR count). The number of aryl methyl sites for hydroxylation is 3. The molecule has 0 aliphatic carbocycles. The molecule has 0 amide bonds. The third kappa shape index (κ3) is 3.94. The van der Waals surface area contributed by atoms with Gasteiger partial charge in [0.2, 0.25) is 10.0 Å². The molecule has 0 spiro atoms. The van der Waals surface area contributed by atoms with Gasteiger partial charge in [-0.05, 0) is 42.7 Å². The van der Waals surface area contributed by atoms with Crippen LogP contribution in [0.3, 0.4) is 0 Å². The summed E-state index contributed by atoms with van der Waals surface area (Å²) in [7, 11) is -1.73. The highest BCUT2D eigenvalue weighted by Gasteiger charge is 2.16. The summed E-state index contributed by atoms with van der Waals surface area (Å²) in [6, 6.07) is 7.31. The van der Waals surface area contributed by atoms with E-state index in [1.54, 1.807) is 36.3 Å². The van der Waals surface area contributed by atoms with Crippen LogP contribution in [0.2, 0.25) is 0 Å². The quantitative estimate of drug-likeness (QED) is 0.762. The Morgan fingerprint density at radius 2 is 1.88 bits per heavy atom. The molecule has 0 bridgehead atoms. The predicted molar refractivity (Wildman–Crippen MR) is 96.4 cm³/mol. The van der Waals surface area contributed by atoms with E-state index in [1.165, 1.54) is 0 Å². The molecule has 0 saturated carbocycles. The van der Waals surface area contributed by atoms with E-state index in [4.69, 9.17) is 0 Å². The normalized spacial score (nSPS) is 11.6. The van der Waals surface area contributed by atoms with Gasteiger partial charge in [0.1, 0.15) is 0 Å². The summed E-state index contributed by atoms with van der Waals surface area (Å²) < 4.78 is 29.6. The first-order chi connectivity index (χ1) is 11.8. The molecule has 2 aromatic heterocycles. The second-order valence-corrected chi connectivity index (χ2v) is 7.81. The molecule has 0 saturated heterocycles. The molecular formula is C18H20N4O2S. The first-order valence-corrected chi connectivity index (χ1v) is 9.33. The average molecular weight is 356 g/mol. The van der Waals surface area contributed by atoms with Gasteiger partial charge in [-0.2, -0.15) is 5.10 Å². The van der Waals surface area contributed by atoms with E-state index in [0.717, 1.165) is 27.8 Å². The van der Waals surface area contributed by atoms with Crippen molar-refractivity contribution >= 4 is 10.0 Å². The number of aromatic nitrogens is 3. The number of nitrogens with one attached hydrogen (secondary N) is 1. The van der Waals surface area contributed by atoms with E-state index in [9.17, 15) is 8.42 Å². The van der Waals surface area contributed by atoms with Gasteiger partial charge in [-0.1, -0.05) is 12.1 Å². The van der Waals surface area contributed by atoms with Crippen LogP contribution in [0, 0.1) is 13.8 Å². The Labute approximate surface area is 147 Å². The zero-order chi connectivity index (χ0) is 18.0. The maximum atomic E-state index is 12.6. The van der Waals surface area contributed by atoms with Gasteiger partial charge in [-0.15, -0.1) is 0 Å². The molecule has 1 aromatic carbocycles. The van der Waals surface area contributed by atoms with Crippen molar-refractivity contribution in [1.82, 2.24) is 19.5 Å². The van der Waals surface area contributed by atoms with Crippen molar-refractivity contribution in [2.45, 2.75) is 25.3 Å². The summed E-state index contributed by atoms with van der Waals surface area (Å²) in [5.41, 5.74) is 4.26. The molecule has 7 heteroatoms. The van der Waals surface area contributed by atoms with Crippen molar-refractivity contribution in [2.75, 3.05) is 0 Å². The van der Waals surface area contributed by atoms with Gasteiger partial charge < -0.3 is 0 Å². The zero-order valence-corrected chi connectivity index (χ0v) is 15.2. The van der Waals surface area contributed by atoms with Crippen LogP contribution in [-0.2, 0) is 23.6 Å². The summed E-state index contributed by atoms with van der Waals surface area (Å²) in [4.78, 5) is 4.51. The molecular weight excluding hydrogens is 336 g/mol. The topological polar surface area (TPSA) is 76.9 Å². The van der Waals surface area contributed by atoms with E-state index in [1.807, 2.05) is 38.4 Å². The number of hydrogen-bond donors (Lipinski definition) is 1. The molecule has 3 aromatic rings. The maximum Gasteiger partial charge on any atom is 0.241 e. The van der Waals surface area contributed by atoms with Crippen molar-refractivity contribution in [1.29, 1.82) is 0 Å². The van der Waals surface area contributed by atoms with Gasteiger partial charge in [0.25, 0.3) is 0 Å². The lowest BCUT2D eigenvalue weighted by Crippen LogP contribution is -2.24. The molecule has 0 fully saturated rings. The average Bonchev–Trinajstić information content (AvgIpc) is 3.02. The summed E-state index contributed by atoms with van der Waals surface area (Å²) in [5, 5.41) is 4.14. The van der Waals surface area contributed by atoms with Gasteiger partial charge >= 0.3 is 0 Å². The summed E-state index contributed by atoms with van der Waals surface area (Å²) >= 11 is 0. The van der Waals surface area contributed by atoms with Crippen LogP contribution in [-0.4, -0.2) is 23.2 Å². The Morgan fingerprint density at radius 3 is 2.60 bits per heavy atom. The fraction of sp³-hybridized carbons (Fsp3) is 0.222. The Morgan fingerprint density at radius 1 is 1.08 bits per heavy atom. The van der Waals surface area contributed by atoms with Gasteiger partial charge in [-0.3, -0.25) is 9.67 Å². The summed E-state index contributed by atoms with van der Waals surface area (Å²) in [6.07, 6.45) is 7.04. The molecule has 0 aliphatic heterocycles. The van der Waals surface area contributed by atoms with Crippen LogP contribution in [0.1, 0.15) is 16.7 Å². The first kappa shape index (κ1) is 17.3. The van der Waals surface area contributed by atoms with Crippen molar-refractivity contribution in [3.8, 4) is 11.1 Å². The van der Waals surface area contributed by atoms with Crippen LogP contribution in [0.15, 0.2) is 53.9 Å². The van der Waals surface area contributed by atoms with Crippen molar-refractivity contribution < 1.29 is 8.42 Å². The monoisotopic (exact) mass is 356 g/mol. The SMILES string of the molecule is Cc1ccc(C)c(S(=O)(=O)NCc2cncc(-c3cnn(C)c3)c2)c1. The van der Waals surface area contributed by atoms with E-state index in [-0.39, 0.29) is 6.54 Å². The van der Waals surface area contributed by atoms with Crippen LogP contribution in [0.25, 0.3) is 11.1 Å².